The zero-order valence-corrected chi connectivity index (χ0v) is 14.8. The van der Waals surface area contributed by atoms with Crippen molar-refractivity contribution >= 4 is 11.8 Å². The highest BCUT2D eigenvalue weighted by Crippen LogP contribution is 2.27. The molecule has 0 spiro atoms. The third-order valence-corrected chi connectivity index (χ3v) is 5.01. The zero-order valence-electron chi connectivity index (χ0n) is 13.9. The largest absolute Gasteiger partial charge is 0.339 e. The number of aromatic nitrogens is 5. The van der Waals surface area contributed by atoms with Gasteiger partial charge in [0.2, 0.25) is 5.89 Å². The summed E-state index contributed by atoms with van der Waals surface area (Å²) in [5.74, 6) is 4.19. The van der Waals surface area contributed by atoms with Gasteiger partial charge in [0.05, 0.1) is 5.75 Å². The van der Waals surface area contributed by atoms with Crippen LogP contribution in [0.4, 0.5) is 0 Å². The van der Waals surface area contributed by atoms with Gasteiger partial charge in [-0.25, -0.2) is 0 Å². The third-order valence-electron chi connectivity index (χ3n) is 4.00. The highest BCUT2D eigenvalue weighted by molar-refractivity contribution is 7.98. The minimum atomic E-state index is 0.505. The van der Waals surface area contributed by atoms with E-state index in [1.807, 2.05) is 7.05 Å². The number of piperidine rings is 1. The van der Waals surface area contributed by atoms with Crippen LogP contribution in [-0.4, -0.2) is 38.0 Å². The molecule has 0 radical (unpaired) electrons. The fourth-order valence-corrected chi connectivity index (χ4v) is 3.56. The lowest BCUT2D eigenvalue weighted by atomic mass is 9.97. The van der Waals surface area contributed by atoms with E-state index in [-0.39, 0.29) is 0 Å². The monoisotopic (exact) mass is 336 g/mol. The zero-order chi connectivity index (χ0) is 16.2. The van der Waals surface area contributed by atoms with E-state index in [2.05, 4.69) is 44.1 Å². The number of hydrogen-bond donors (Lipinski definition) is 1. The van der Waals surface area contributed by atoms with Crippen molar-refractivity contribution in [3.63, 3.8) is 0 Å². The molecule has 2 aromatic rings. The summed E-state index contributed by atoms with van der Waals surface area (Å²) in [5, 5.41) is 17.1. The second kappa shape index (κ2) is 7.44. The maximum absolute atomic E-state index is 5.27. The van der Waals surface area contributed by atoms with Crippen molar-refractivity contribution in [3.05, 3.63) is 17.5 Å². The van der Waals surface area contributed by atoms with Gasteiger partial charge in [-0.2, -0.15) is 4.98 Å². The molecule has 0 amide bonds. The van der Waals surface area contributed by atoms with Crippen LogP contribution in [0.1, 0.15) is 50.1 Å². The van der Waals surface area contributed by atoms with Crippen LogP contribution < -0.4 is 5.32 Å². The topological polar surface area (TPSA) is 81.7 Å². The van der Waals surface area contributed by atoms with Crippen molar-refractivity contribution in [2.24, 2.45) is 13.0 Å². The Morgan fingerprint density at radius 3 is 2.83 bits per heavy atom. The van der Waals surface area contributed by atoms with Crippen molar-refractivity contribution in [3.8, 4) is 0 Å². The minimum absolute atomic E-state index is 0.505. The highest BCUT2D eigenvalue weighted by atomic mass is 32.2. The first kappa shape index (κ1) is 16.4. The molecule has 3 heterocycles. The smallest absolute Gasteiger partial charge is 0.226 e. The Bertz CT molecular complexity index is 632. The lowest BCUT2D eigenvalue weighted by molar-refractivity contribution is 0.360. The molecule has 0 saturated carbocycles. The molecule has 0 atom stereocenters. The Hall–Kier alpha value is -1.41. The van der Waals surface area contributed by atoms with Gasteiger partial charge in [0.15, 0.2) is 11.0 Å². The summed E-state index contributed by atoms with van der Waals surface area (Å²) in [4.78, 5) is 4.43. The van der Waals surface area contributed by atoms with Crippen molar-refractivity contribution in [1.82, 2.24) is 30.2 Å². The van der Waals surface area contributed by atoms with Gasteiger partial charge in [-0.05, 0) is 31.8 Å². The quantitative estimate of drug-likeness (QED) is 0.809. The summed E-state index contributed by atoms with van der Waals surface area (Å²) in [5.41, 5.74) is 0. The standard InChI is InChI=1S/C15H24N6OS/c1-10(2)8-13-17-12(20-22-13)9-23-15-19-18-14(21(15)3)11-4-6-16-7-5-11/h10-11,16H,4-9H2,1-3H3. The van der Waals surface area contributed by atoms with Crippen LogP contribution in [-0.2, 0) is 19.2 Å². The molecule has 0 bridgehead atoms. The SMILES string of the molecule is CC(C)Cc1nc(CSc2nnc(C3CCNCC3)n2C)no1. The van der Waals surface area contributed by atoms with E-state index in [1.165, 1.54) is 0 Å². The normalized spacial score (nSPS) is 16.3. The molecule has 8 heteroatoms. The molecule has 1 N–H and O–H groups in total. The second-order valence-corrected chi connectivity index (χ2v) is 7.36. The summed E-state index contributed by atoms with van der Waals surface area (Å²) >= 11 is 1.61. The molecular formula is C15H24N6OS. The fourth-order valence-electron chi connectivity index (χ4n) is 2.80. The summed E-state index contributed by atoms with van der Waals surface area (Å²) in [6, 6.07) is 0. The summed E-state index contributed by atoms with van der Waals surface area (Å²) in [6.45, 7) is 6.39. The van der Waals surface area contributed by atoms with Crippen LogP contribution in [0.15, 0.2) is 9.68 Å². The van der Waals surface area contributed by atoms with Gasteiger partial charge in [0.1, 0.15) is 5.82 Å². The predicted molar refractivity (Wildman–Crippen MR) is 88.2 cm³/mol. The van der Waals surface area contributed by atoms with Gasteiger partial charge >= 0.3 is 0 Å². The Labute approximate surface area is 140 Å². The summed E-state index contributed by atoms with van der Waals surface area (Å²) < 4.78 is 7.38. The van der Waals surface area contributed by atoms with Crippen LogP contribution in [0.25, 0.3) is 0 Å². The maximum Gasteiger partial charge on any atom is 0.226 e. The lowest BCUT2D eigenvalue weighted by Crippen LogP contribution is -2.27. The molecule has 0 aliphatic carbocycles. The van der Waals surface area contributed by atoms with E-state index in [0.29, 0.717) is 23.5 Å². The number of rotatable bonds is 6. The number of nitrogens with zero attached hydrogens (tertiary/aromatic N) is 5. The second-order valence-electron chi connectivity index (χ2n) is 6.42. The molecule has 3 rings (SSSR count). The molecule has 1 fully saturated rings. The Morgan fingerprint density at radius 1 is 1.30 bits per heavy atom. The summed E-state index contributed by atoms with van der Waals surface area (Å²) in [7, 11) is 2.04. The van der Waals surface area contributed by atoms with Gasteiger partial charge in [-0.15, -0.1) is 10.2 Å². The lowest BCUT2D eigenvalue weighted by Gasteiger charge is -2.21. The van der Waals surface area contributed by atoms with Gasteiger partial charge < -0.3 is 14.4 Å². The van der Waals surface area contributed by atoms with E-state index in [1.54, 1.807) is 11.8 Å². The number of thioether (sulfide) groups is 1. The first-order chi connectivity index (χ1) is 11.1. The van der Waals surface area contributed by atoms with Crippen LogP contribution in [0.2, 0.25) is 0 Å². The third kappa shape index (κ3) is 4.11. The van der Waals surface area contributed by atoms with E-state index in [9.17, 15) is 0 Å². The van der Waals surface area contributed by atoms with Gasteiger partial charge in [-0.1, -0.05) is 30.8 Å². The molecule has 1 aliphatic rings. The number of hydrogen-bond acceptors (Lipinski definition) is 7. The van der Waals surface area contributed by atoms with E-state index >= 15 is 0 Å². The first-order valence-electron chi connectivity index (χ1n) is 8.17. The van der Waals surface area contributed by atoms with Crippen molar-refractivity contribution in [2.75, 3.05) is 13.1 Å². The Kier molecular flexibility index (Phi) is 5.32. The highest BCUT2D eigenvalue weighted by Gasteiger charge is 2.22. The van der Waals surface area contributed by atoms with Gasteiger partial charge in [0.25, 0.3) is 0 Å². The van der Waals surface area contributed by atoms with Gasteiger partial charge in [0, 0.05) is 19.4 Å². The molecule has 23 heavy (non-hydrogen) atoms. The fraction of sp³-hybridized carbons (Fsp3) is 0.733. The van der Waals surface area contributed by atoms with Crippen molar-refractivity contribution in [1.29, 1.82) is 0 Å². The first-order valence-corrected chi connectivity index (χ1v) is 9.16. The maximum atomic E-state index is 5.27. The minimum Gasteiger partial charge on any atom is -0.339 e. The van der Waals surface area contributed by atoms with Crippen LogP contribution >= 0.6 is 11.8 Å². The molecule has 2 aromatic heterocycles. The Morgan fingerprint density at radius 2 is 2.09 bits per heavy atom. The van der Waals surface area contributed by atoms with E-state index in [4.69, 9.17) is 4.52 Å². The molecule has 126 valence electrons. The molecule has 7 nitrogen and oxygen atoms in total. The van der Waals surface area contributed by atoms with Crippen LogP contribution in [0, 0.1) is 5.92 Å². The van der Waals surface area contributed by atoms with Crippen molar-refractivity contribution in [2.45, 2.75) is 49.9 Å². The number of nitrogens with one attached hydrogen (secondary N) is 1. The van der Waals surface area contributed by atoms with Gasteiger partial charge in [-0.3, -0.25) is 0 Å². The average molecular weight is 336 g/mol. The van der Waals surface area contributed by atoms with Crippen LogP contribution in [0.3, 0.4) is 0 Å². The molecule has 1 aliphatic heterocycles. The summed E-state index contributed by atoms with van der Waals surface area (Å²) in [6.07, 6.45) is 3.07. The van der Waals surface area contributed by atoms with Crippen LogP contribution in [0.5, 0.6) is 0 Å². The van der Waals surface area contributed by atoms with Crippen molar-refractivity contribution < 1.29 is 4.52 Å². The van der Waals surface area contributed by atoms with E-state index in [0.717, 1.165) is 49.2 Å². The molecule has 1 saturated heterocycles. The molecular weight excluding hydrogens is 312 g/mol. The average Bonchev–Trinajstić information content (AvgIpc) is 3.12. The predicted octanol–water partition coefficient (Wildman–Crippen LogP) is 2.16. The molecule has 0 unspecified atom stereocenters. The molecule has 0 aromatic carbocycles. The Balaban J connectivity index is 1.60. The van der Waals surface area contributed by atoms with E-state index < -0.39 is 0 Å².